The lowest BCUT2D eigenvalue weighted by atomic mass is 9.98. The minimum absolute atomic E-state index is 0.0622. The molecule has 0 spiro atoms. The molecule has 0 fully saturated rings. The Kier molecular flexibility index (Phi) is 6.91. The van der Waals surface area contributed by atoms with E-state index in [1.807, 2.05) is 6.92 Å². The minimum atomic E-state index is 0.0622. The number of amides is 1. The molecule has 4 nitrogen and oxygen atoms in total. The quantitative estimate of drug-likeness (QED) is 0.786. The highest BCUT2D eigenvalue weighted by atomic mass is 16.5. The molecule has 1 amide bonds. The smallest absolute Gasteiger partial charge is 0.227 e. The number of nitrogens with one attached hydrogen (secondary N) is 1. The van der Waals surface area contributed by atoms with Gasteiger partial charge in [0.05, 0.1) is 14.2 Å². The van der Waals surface area contributed by atoms with Crippen molar-refractivity contribution in [3.63, 3.8) is 0 Å². The first-order valence-electron chi connectivity index (χ1n) is 7.18. The van der Waals surface area contributed by atoms with Crippen molar-refractivity contribution in [2.75, 3.05) is 19.5 Å². The highest BCUT2D eigenvalue weighted by molar-refractivity contribution is 5.92. The maximum atomic E-state index is 12.3. The summed E-state index contributed by atoms with van der Waals surface area (Å²) in [5, 5.41) is 2.95. The molecule has 1 N–H and O–H groups in total. The van der Waals surface area contributed by atoms with Gasteiger partial charge in [-0.25, -0.2) is 0 Å². The van der Waals surface area contributed by atoms with Gasteiger partial charge in [-0.3, -0.25) is 4.79 Å². The van der Waals surface area contributed by atoms with Gasteiger partial charge in [-0.1, -0.05) is 26.7 Å². The molecule has 1 aromatic carbocycles. The summed E-state index contributed by atoms with van der Waals surface area (Å²) in [6.45, 7) is 4.18. The van der Waals surface area contributed by atoms with Gasteiger partial charge < -0.3 is 14.8 Å². The monoisotopic (exact) mass is 279 g/mol. The molecule has 4 heteroatoms. The summed E-state index contributed by atoms with van der Waals surface area (Å²) in [5.41, 5.74) is 0.709. The molecule has 0 saturated heterocycles. The van der Waals surface area contributed by atoms with Gasteiger partial charge in [0.1, 0.15) is 11.5 Å². The van der Waals surface area contributed by atoms with Crippen molar-refractivity contribution in [1.82, 2.24) is 0 Å². The zero-order valence-electron chi connectivity index (χ0n) is 12.9. The summed E-state index contributed by atoms with van der Waals surface area (Å²) in [4.78, 5) is 12.3. The van der Waals surface area contributed by atoms with E-state index < -0.39 is 0 Å². The molecular formula is C16H25NO3. The predicted molar refractivity (Wildman–Crippen MR) is 81.5 cm³/mol. The number of benzene rings is 1. The van der Waals surface area contributed by atoms with Gasteiger partial charge in [-0.2, -0.15) is 0 Å². The first kappa shape index (κ1) is 16.3. The fourth-order valence-corrected chi connectivity index (χ4v) is 2.10. The fourth-order valence-electron chi connectivity index (χ4n) is 2.10. The lowest BCUT2D eigenvalue weighted by Gasteiger charge is -2.15. The van der Waals surface area contributed by atoms with Gasteiger partial charge in [-0.05, 0) is 12.8 Å². The molecular weight excluding hydrogens is 254 g/mol. The van der Waals surface area contributed by atoms with Crippen LogP contribution in [0.15, 0.2) is 18.2 Å². The topological polar surface area (TPSA) is 47.6 Å². The normalized spacial score (nSPS) is 11.8. The van der Waals surface area contributed by atoms with E-state index in [-0.39, 0.29) is 11.8 Å². The number of ether oxygens (including phenoxy) is 2. The third kappa shape index (κ3) is 4.76. The molecule has 0 aromatic heterocycles. The van der Waals surface area contributed by atoms with Crippen LogP contribution in [0.3, 0.4) is 0 Å². The van der Waals surface area contributed by atoms with Crippen LogP contribution in [-0.4, -0.2) is 20.1 Å². The van der Waals surface area contributed by atoms with Crippen LogP contribution in [-0.2, 0) is 4.79 Å². The summed E-state index contributed by atoms with van der Waals surface area (Å²) in [7, 11) is 3.19. The largest absolute Gasteiger partial charge is 0.497 e. The Morgan fingerprint density at radius 1 is 1.15 bits per heavy atom. The number of methoxy groups -OCH3 is 2. The maximum Gasteiger partial charge on any atom is 0.227 e. The molecule has 0 aliphatic rings. The van der Waals surface area contributed by atoms with Crippen LogP contribution in [0.25, 0.3) is 0 Å². The van der Waals surface area contributed by atoms with Gasteiger partial charge in [0.2, 0.25) is 5.91 Å². The molecule has 0 aliphatic carbocycles. The predicted octanol–water partition coefficient (Wildman–Crippen LogP) is 3.86. The minimum Gasteiger partial charge on any atom is -0.497 e. The number of carbonyl (C=O) groups is 1. The molecule has 1 unspecified atom stereocenters. The van der Waals surface area contributed by atoms with Crippen LogP contribution in [0.4, 0.5) is 5.69 Å². The van der Waals surface area contributed by atoms with Crippen molar-refractivity contribution < 1.29 is 14.3 Å². The second-order valence-electron chi connectivity index (χ2n) is 4.84. The van der Waals surface area contributed by atoms with E-state index in [9.17, 15) is 4.79 Å². The van der Waals surface area contributed by atoms with E-state index in [1.54, 1.807) is 32.4 Å². The summed E-state index contributed by atoms with van der Waals surface area (Å²) in [6.07, 6.45) is 3.97. The first-order valence-corrected chi connectivity index (χ1v) is 7.18. The van der Waals surface area contributed by atoms with Crippen LogP contribution >= 0.6 is 0 Å². The SMILES string of the molecule is CCCCC(CC)C(=O)Nc1cc(OC)cc(OC)c1. The van der Waals surface area contributed by atoms with Crippen LogP contribution < -0.4 is 14.8 Å². The van der Waals surface area contributed by atoms with E-state index in [1.165, 1.54) is 0 Å². The molecule has 0 heterocycles. The average Bonchev–Trinajstić information content (AvgIpc) is 2.47. The Bertz CT molecular complexity index is 409. The van der Waals surface area contributed by atoms with Crippen molar-refractivity contribution in [3.05, 3.63) is 18.2 Å². The van der Waals surface area contributed by atoms with Gasteiger partial charge in [0.25, 0.3) is 0 Å². The second-order valence-corrected chi connectivity index (χ2v) is 4.84. The van der Waals surface area contributed by atoms with Crippen molar-refractivity contribution in [1.29, 1.82) is 0 Å². The van der Waals surface area contributed by atoms with Crippen molar-refractivity contribution in [3.8, 4) is 11.5 Å². The van der Waals surface area contributed by atoms with Crippen LogP contribution in [0.2, 0.25) is 0 Å². The number of anilines is 1. The van der Waals surface area contributed by atoms with E-state index in [0.29, 0.717) is 17.2 Å². The van der Waals surface area contributed by atoms with Crippen molar-refractivity contribution >= 4 is 11.6 Å². The summed E-state index contributed by atoms with van der Waals surface area (Å²) >= 11 is 0. The molecule has 0 radical (unpaired) electrons. The standard InChI is InChI=1S/C16H25NO3/c1-5-7-8-12(6-2)16(18)17-13-9-14(19-3)11-15(10-13)20-4/h9-12H,5-8H2,1-4H3,(H,17,18). The summed E-state index contributed by atoms with van der Waals surface area (Å²) in [5.74, 6) is 1.46. The number of hydrogen-bond donors (Lipinski definition) is 1. The van der Waals surface area contributed by atoms with Crippen LogP contribution in [0.5, 0.6) is 11.5 Å². The zero-order chi connectivity index (χ0) is 15.0. The average molecular weight is 279 g/mol. The Hall–Kier alpha value is -1.71. The van der Waals surface area contributed by atoms with Gasteiger partial charge >= 0.3 is 0 Å². The highest BCUT2D eigenvalue weighted by Crippen LogP contribution is 2.26. The summed E-state index contributed by atoms with van der Waals surface area (Å²) < 4.78 is 10.4. The molecule has 112 valence electrons. The van der Waals surface area contributed by atoms with Crippen LogP contribution in [0.1, 0.15) is 39.5 Å². The van der Waals surface area contributed by atoms with Crippen molar-refractivity contribution in [2.45, 2.75) is 39.5 Å². The van der Waals surface area contributed by atoms with Gasteiger partial charge in [0, 0.05) is 29.8 Å². The fraction of sp³-hybridized carbons (Fsp3) is 0.562. The molecule has 0 aliphatic heterocycles. The number of carbonyl (C=O) groups excluding carboxylic acids is 1. The Balaban J connectivity index is 2.77. The number of rotatable bonds is 8. The number of unbranched alkanes of at least 4 members (excludes halogenated alkanes) is 1. The lowest BCUT2D eigenvalue weighted by molar-refractivity contribution is -0.120. The van der Waals surface area contributed by atoms with E-state index in [4.69, 9.17) is 9.47 Å². The third-order valence-corrected chi connectivity index (χ3v) is 3.39. The third-order valence-electron chi connectivity index (χ3n) is 3.39. The molecule has 1 rings (SSSR count). The Morgan fingerprint density at radius 3 is 2.20 bits per heavy atom. The first-order chi connectivity index (χ1) is 9.64. The Labute approximate surface area is 121 Å². The highest BCUT2D eigenvalue weighted by Gasteiger charge is 2.16. The molecule has 0 bridgehead atoms. The van der Waals surface area contributed by atoms with Crippen molar-refractivity contribution in [2.24, 2.45) is 5.92 Å². The van der Waals surface area contributed by atoms with E-state index >= 15 is 0 Å². The maximum absolute atomic E-state index is 12.3. The molecule has 1 atom stereocenters. The van der Waals surface area contributed by atoms with Gasteiger partial charge in [0.15, 0.2) is 0 Å². The van der Waals surface area contributed by atoms with Crippen LogP contribution in [0, 0.1) is 5.92 Å². The summed E-state index contributed by atoms with van der Waals surface area (Å²) in [6, 6.07) is 5.38. The van der Waals surface area contributed by atoms with E-state index in [2.05, 4.69) is 12.2 Å². The Morgan fingerprint density at radius 2 is 1.75 bits per heavy atom. The zero-order valence-corrected chi connectivity index (χ0v) is 12.9. The molecule has 0 saturated carbocycles. The van der Waals surface area contributed by atoms with E-state index in [0.717, 1.165) is 25.7 Å². The molecule has 1 aromatic rings. The van der Waals surface area contributed by atoms with Gasteiger partial charge in [-0.15, -0.1) is 0 Å². The number of hydrogen-bond acceptors (Lipinski definition) is 3. The molecule has 20 heavy (non-hydrogen) atoms. The lowest BCUT2D eigenvalue weighted by Crippen LogP contribution is -2.22. The second kappa shape index (κ2) is 8.46.